The molecule has 2 aromatic rings. The van der Waals surface area contributed by atoms with E-state index in [4.69, 9.17) is 9.31 Å². The molecule has 1 saturated carbocycles. The number of thiol groups is 1. The second kappa shape index (κ2) is 5.49. The third-order valence-electron chi connectivity index (χ3n) is 6.58. The predicted molar refractivity (Wildman–Crippen MR) is 109 cm³/mol. The molecule has 0 unspecified atom stereocenters. The van der Waals surface area contributed by atoms with Crippen molar-refractivity contribution < 1.29 is 9.31 Å². The molecule has 0 amide bonds. The zero-order chi connectivity index (χ0) is 19.0. The SMILES string of the molecule is CC1(C)OB(c2cnc(N3CC4(CC4)c4ccc(S)cc43)nc2)OC1(C)C. The lowest BCUT2D eigenvalue weighted by atomic mass is 9.81. The highest BCUT2D eigenvalue weighted by atomic mass is 32.1. The van der Waals surface area contributed by atoms with E-state index in [0.29, 0.717) is 0 Å². The molecule has 27 heavy (non-hydrogen) atoms. The van der Waals surface area contributed by atoms with Gasteiger partial charge in [-0.15, -0.1) is 12.6 Å². The van der Waals surface area contributed by atoms with E-state index < -0.39 is 7.12 Å². The highest BCUT2D eigenvalue weighted by Crippen LogP contribution is 2.57. The van der Waals surface area contributed by atoms with Gasteiger partial charge in [0.15, 0.2) is 0 Å². The maximum absolute atomic E-state index is 6.10. The minimum atomic E-state index is -0.436. The first-order chi connectivity index (χ1) is 12.7. The van der Waals surface area contributed by atoms with E-state index >= 15 is 0 Å². The smallest absolute Gasteiger partial charge is 0.399 e. The normalized spacial score (nSPS) is 23.7. The van der Waals surface area contributed by atoms with Gasteiger partial charge in [0.2, 0.25) is 5.95 Å². The number of hydrogen-bond acceptors (Lipinski definition) is 6. The number of benzene rings is 1. The summed E-state index contributed by atoms with van der Waals surface area (Å²) in [5, 5.41) is 0. The average Bonchev–Trinajstić information content (AvgIpc) is 3.26. The van der Waals surface area contributed by atoms with Gasteiger partial charge in [0.05, 0.1) is 11.2 Å². The van der Waals surface area contributed by atoms with E-state index in [1.165, 1.54) is 24.1 Å². The Morgan fingerprint density at radius 3 is 2.26 bits per heavy atom. The van der Waals surface area contributed by atoms with Gasteiger partial charge in [-0.1, -0.05) is 6.07 Å². The van der Waals surface area contributed by atoms with E-state index in [1.54, 1.807) is 0 Å². The van der Waals surface area contributed by atoms with E-state index in [9.17, 15) is 0 Å². The summed E-state index contributed by atoms with van der Waals surface area (Å²) < 4.78 is 12.2. The van der Waals surface area contributed by atoms with Gasteiger partial charge in [-0.25, -0.2) is 9.97 Å². The molecular weight excluding hydrogens is 357 g/mol. The molecule has 3 aliphatic rings. The number of rotatable bonds is 2. The molecule has 1 saturated heterocycles. The minimum absolute atomic E-state index is 0.282. The van der Waals surface area contributed by atoms with Crippen LogP contribution >= 0.6 is 12.6 Å². The largest absolute Gasteiger partial charge is 0.498 e. The third-order valence-corrected chi connectivity index (χ3v) is 6.86. The van der Waals surface area contributed by atoms with Crippen molar-refractivity contribution in [1.82, 2.24) is 9.97 Å². The predicted octanol–water partition coefficient (Wildman–Crippen LogP) is 3.25. The van der Waals surface area contributed by atoms with Crippen LogP contribution in [0.1, 0.15) is 46.1 Å². The Labute approximate surface area is 166 Å². The van der Waals surface area contributed by atoms with Crippen molar-refractivity contribution in [2.45, 2.75) is 62.0 Å². The Hall–Kier alpha value is -1.57. The number of hydrogen-bond donors (Lipinski definition) is 1. The molecule has 1 aliphatic carbocycles. The highest BCUT2D eigenvalue weighted by Gasteiger charge is 2.53. The molecule has 2 aliphatic heterocycles. The molecule has 1 aromatic heterocycles. The Bertz CT molecular complexity index is 896. The molecule has 7 heteroatoms. The van der Waals surface area contributed by atoms with Gasteiger partial charge in [0.25, 0.3) is 0 Å². The summed E-state index contributed by atoms with van der Waals surface area (Å²) in [4.78, 5) is 12.5. The van der Waals surface area contributed by atoms with Gasteiger partial charge in [0, 0.05) is 40.4 Å². The quantitative estimate of drug-likeness (QED) is 0.639. The standard InChI is InChI=1S/C20H24BN3O2S/c1-18(2)19(3,4)26-21(25-18)13-10-22-17(23-11-13)24-12-20(7-8-20)15-6-5-14(27)9-16(15)24/h5-6,9-11,27H,7-8,12H2,1-4H3. The van der Waals surface area contributed by atoms with Crippen molar-refractivity contribution in [2.24, 2.45) is 0 Å². The van der Waals surface area contributed by atoms with Gasteiger partial charge in [-0.2, -0.15) is 0 Å². The molecule has 0 atom stereocenters. The fourth-order valence-corrected chi connectivity index (χ4v) is 4.19. The zero-order valence-electron chi connectivity index (χ0n) is 16.2. The zero-order valence-corrected chi connectivity index (χ0v) is 17.1. The van der Waals surface area contributed by atoms with Gasteiger partial charge in [0.1, 0.15) is 0 Å². The average molecular weight is 381 g/mol. The first kappa shape index (κ1) is 17.5. The van der Waals surface area contributed by atoms with Crippen molar-refractivity contribution >= 4 is 36.8 Å². The van der Waals surface area contributed by atoms with Crippen LogP contribution in [0.15, 0.2) is 35.5 Å². The van der Waals surface area contributed by atoms with Crippen LogP contribution in [-0.4, -0.2) is 34.8 Å². The summed E-state index contributed by atoms with van der Waals surface area (Å²) >= 11 is 4.52. The van der Waals surface area contributed by atoms with E-state index in [0.717, 1.165) is 22.9 Å². The van der Waals surface area contributed by atoms with Gasteiger partial charge >= 0.3 is 7.12 Å². The van der Waals surface area contributed by atoms with Crippen molar-refractivity contribution in [2.75, 3.05) is 11.4 Å². The summed E-state index contributed by atoms with van der Waals surface area (Å²) in [5.41, 5.74) is 2.98. The maximum atomic E-state index is 6.10. The fourth-order valence-electron chi connectivity index (χ4n) is 3.99. The van der Waals surface area contributed by atoms with Crippen molar-refractivity contribution in [3.63, 3.8) is 0 Å². The van der Waals surface area contributed by atoms with Crippen molar-refractivity contribution in [3.05, 3.63) is 36.2 Å². The highest BCUT2D eigenvalue weighted by molar-refractivity contribution is 7.80. The molecule has 5 nitrogen and oxygen atoms in total. The van der Waals surface area contributed by atoms with Crippen LogP contribution in [0, 0.1) is 0 Å². The van der Waals surface area contributed by atoms with Crippen LogP contribution in [0.3, 0.4) is 0 Å². The summed E-state index contributed by atoms with van der Waals surface area (Å²) in [6.07, 6.45) is 6.11. The fraction of sp³-hybridized carbons (Fsp3) is 0.500. The molecule has 0 N–H and O–H groups in total. The van der Waals surface area contributed by atoms with Gasteiger partial charge in [-0.3, -0.25) is 0 Å². The van der Waals surface area contributed by atoms with E-state index in [1.807, 2.05) is 40.1 Å². The lowest BCUT2D eigenvalue weighted by Gasteiger charge is -2.32. The maximum Gasteiger partial charge on any atom is 0.498 e. The Kier molecular flexibility index (Phi) is 3.56. The molecular formula is C20H24BN3O2S. The molecule has 0 bridgehead atoms. The molecule has 1 aromatic carbocycles. The minimum Gasteiger partial charge on any atom is -0.399 e. The lowest BCUT2D eigenvalue weighted by Crippen LogP contribution is -2.41. The second-order valence-corrected chi connectivity index (χ2v) is 9.49. The lowest BCUT2D eigenvalue weighted by molar-refractivity contribution is 0.00578. The molecule has 3 heterocycles. The van der Waals surface area contributed by atoms with E-state index in [2.05, 4.69) is 45.7 Å². The summed E-state index contributed by atoms with van der Waals surface area (Å²) in [6, 6.07) is 6.41. The van der Waals surface area contributed by atoms with Gasteiger partial charge in [-0.05, 0) is 58.2 Å². The molecule has 5 rings (SSSR count). The second-order valence-electron chi connectivity index (χ2n) is 8.97. The van der Waals surface area contributed by atoms with Crippen molar-refractivity contribution in [3.8, 4) is 0 Å². The molecule has 2 fully saturated rings. The first-order valence-electron chi connectivity index (χ1n) is 9.50. The van der Waals surface area contributed by atoms with Crippen LogP contribution in [0.5, 0.6) is 0 Å². The summed E-state index contributed by atoms with van der Waals surface area (Å²) in [5.74, 6) is 0.722. The summed E-state index contributed by atoms with van der Waals surface area (Å²) in [6.45, 7) is 9.14. The van der Waals surface area contributed by atoms with Crippen LogP contribution in [-0.2, 0) is 14.7 Å². The Balaban J connectivity index is 1.43. The Morgan fingerprint density at radius 1 is 1.04 bits per heavy atom. The topological polar surface area (TPSA) is 47.5 Å². The van der Waals surface area contributed by atoms with Crippen LogP contribution in [0.4, 0.5) is 11.6 Å². The molecule has 1 spiro atoms. The van der Waals surface area contributed by atoms with Crippen LogP contribution in [0.2, 0.25) is 0 Å². The molecule has 140 valence electrons. The number of aromatic nitrogens is 2. The van der Waals surface area contributed by atoms with Crippen molar-refractivity contribution in [1.29, 1.82) is 0 Å². The van der Waals surface area contributed by atoms with Gasteiger partial charge < -0.3 is 14.2 Å². The van der Waals surface area contributed by atoms with E-state index in [-0.39, 0.29) is 16.6 Å². The Morgan fingerprint density at radius 2 is 1.67 bits per heavy atom. The van der Waals surface area contributed by atoms with Crippen LogP contribution < -0.4 is 10.4 Å². The number of anilines is 2. The molecule has 0 radical (unpaired) electrons. The monoisotopic (exact) mass is 381 g/mol. The number of fused-ring (bicyclic) bond motifs is 2. The summed E-state index contributed by atoms with van der Waals surface area (Å²) in [7, 11) is -0.436. The third kappa shape index (κ3) is 2.63. The first-order valence-corrected chi connectivity index (χ1v) is 9.94. The van der Waals surface area contributed by atoms with Crippen LogP contribution in [0.25, 0.3) is 0 Å². The number of nitrogens with zero attached hydrogens (tertiary/aromatic N) is 3.